The zero-order chi connectivity index (χ0) is 33.4. The van der Waals surface area contributed by atoms with Crippen molar-refractivity contribution in [3.05, 3.63) is 58.7 Å². The third-order valence-corrected chi connectivity index (χ3v) is 10.0. The molecule has 3 aliphatic carbocycles. The van der Waals surface area contributed by atoms with E-state index in [-0.39, 0.29) is 18.4 Å². The molecule has 0 bridgehead atoms. The summed E-state index contributed by atoms with van der Waals surface area (Å²) < 4.78 is 25.4. The Balaban J connectivity index is 1.62. The van der Waals surface area contributed by atoms with Gasteiger partial charge in [-0.25, -0.2) is 8.42 Å². The topological polar surface area (TPSA) is 201 Å². The summed E-state index contributed by atoms with van der Waals surface area (Å²) in [4.78, 5) is 69.3. The van der Waals surface area contributed by atoms with Gasteiger partial charge in [-0.1, -0.05) is 25.7 Å². The first-order chi connectivity index (χ1) is 20.8. The molecule has 2 saturated carbocycles. The van der Waals surface area contributed by atoms with Gasteiger partial charge in [0, 0.05) is 22.2 Å². The lowest BCUT2D eigenvalue weighted by molar-refractivity contribution is -0.203. The largest absolute Gasteiger partial charge is 0.507 e. The van der Waals surface area contributed by atoms with Crippen LogP contribution in [0.2, 0.25) is 0 Å². The second kappa shape index (κ2) is 10.3. The number of sulfonamides is 1. The van der Waals surface area contributed by atoms with Gasteiger partial charge >= 0.3 is 0 Å². The Hall–Kier alpha value is -4.38. The van der Waals surface area contributed by atoms with E-state index in [0.29, 0.717) is 22.4 Å². The van der Waals surface area contributed by atoms with Crippen molar-refractivity contribution in [2.45, 2.75) is 38.3 Å². The summed E-state index contributed by atoms with van der Waals surface area (Å²) in [6.45, 7) is 3.10. The molecular formula is C32H33N3O9S. The highest BCUT2D eigenvalue weighted by Gasteiger charge is 2.76. The number of Topliss-reactive ketones (excluding diaryl/α,β-unsaturated/α-hetero) is 4. The number of primary amides is 1. The van der Waals surface area contributed by atoms with Crippen LogP contribution in [0.15, 0.2) is 36.4 Å². The van der Waals surface area contributed by atoms with Crippen molar-refractivity contribution < 1.29 is 42.6 Å². The zero-order valence-corrected chi connectivity index (χ0v) is 26.1. The van der Waals surface area contributed by atoms with Gasteiger partial charge in [-0.2, -0.15) is 0 Å². The Bertz CT molecular complexity index is 1870. The van der Waals surface area contributed by atoms with Crippen LogP contribution < -0.4 is 10.5 Å². The number of anilines is 1. The van der Waals surface area contributed by atoms with Gasteiger partial charge in [0.1, 0.15) is 5.75 Å². The number of aliphatic hydroxyl groups is 1. The van der Waals surface area contributed by atoms with Crippen LogP contribution >= 0.6 is 0 Å². The highest BCUT2D eigenvalue weighted by Crippen LogP contribution is 2.61. The predicted molar refractivity (Wildman–Crippen MR) is 161 cm³/mol. The number of hydrogen-bond donors (Lipinski definition) is 4. The molecule has 2 unspecified atom stereocenters. The number of hydrogen-bond acceptors (Lipinski definition) is 10. The average Bonchev–Trinajstić information content (AvgIpc) is 2.90. The summed E-state index contributed by atoms with van der Waals surface area (Å²) >= 11 is 0. The molecule has 2 aromatic carbocycles. The fourth-order valence-electron chi connectivity index (χ4n) is 7.81. The molecule has 1 amide bonds. The van der Waals surface area contributed by atoms with Crippen LogP contribution in [-0.2, 0) is 35.6 Å². The number of ketones is 4. The number of phenolic OH excluding ortho intramolecular Hbond substituents is 1. The number of carbonyl (C=O) groups is 5. The van der Waals surface area contributed by atoms with E-state index in [1.165, 1.54) is 38.1 Å². The van der Waals surface area contributed by atoms with Crippen molar-refractivity contribution in [2.75, 3.05) is 25.1 Å². The van der Waals surface area contributed by atoms with Gasteiger partial charge < -0.3 is 15.9 Å². The van der Waals surface area contributed by atoms with Crippen molar-refractivity contribution in [2.24, 2.45) is 28.4 Å². The summed E-state index contributed by atoms with van der Waals surface area (Å²) in [5.41, 5.74) is 1.05. The molecule has 13 heteroatoms. The van der Waals surface area contributed by atoms with E-state index in [1.807, 2.05) is 0 Å². The molecule has 0 aliphatic heterocycles. The maximum absolute atomic E-state index is 14.3. The summed E-state index contributed by atoms with van der Waals surface area (Å²) in [5.74, 6) is -3.47. The number of nitrogens with two attached hydrogens (primary N) is 1. The van der Waals surface area contributed by atoms with Gasteiger partial charge in [0.05, 0.1) is 23.8 Å². The molecule has 5 rings (SSSR count). The lowest BCUT2D eigenvalue weighted by atomic mass is 9.42. The summed E-state index contributed by atoms with van der Waals surface area (Å²) in [6.07, 6.45) is 0.930. The zero-order valence-electron chi connectivity index (χ0n) is 25.3. The molecule has 12 nitrogen and oxygen atoms in total. The smallest absolute Gasteiger partial charge is 0.235 e. The molecule has 0 radical (unpaired) electrons. The Kier molecular flexibility index (Phi) is 7.35. The van der Waals surface area contributed by atoms with Crippen molar-refractivity contribution in [3.63, 3.8) is 0 Å². The lowest BCUT2D eigenvalue weighted by Crippen LogP contribution is -2.79. The monoisotopic (exact) mass is 635 g/mol. The van der Waals surface area contributed by atoms with E-state index >= 15 is 0 Å². The second-order valence-electron chi connectivity index (χ2n) is 13.0. The van der Waals surface area contributed by atoms with Crippen LogP contribution in [0.3, 0.4) is 0 Å². The molecule has 0 heterocycles. The number of nitrogens with one attached hydrogen (secondary N) is 1. The number of rotatable bonds is 4. The molecule has 0 aromatic heterocycles. The van der Waals surface area contributed by atoms with Crippen molar-refractivity contribution in [3.8, 4) is 17.6 Å². The van der Waals surface area contributed by atoms with E-state index in [9.17, 15) is 42.6 Å². The van der Waals surface area contributed by atoms with Gasteiger partial charge in [0.2, 0.25) is 15.9 Å². The van der Waals surface area contributed by atoms with Crippen LogP contribution in [-0.4, -0.2) is 84.6 Å². The fourth-order valence-corrected chi connectivity index (χ4v) is 8.38. The quantitative estimate of drug-likeness (QED) is 0.269. The number of benzene rings is 2. The summed E-state index contributed by atoms with van der Waals surface area (Å²) in [6, 6.07) is 7.83. The second-order valence-corrected chi connectivity index (χ2v) is 14.7. The van der Waals surface area contributed by atoms with Gasteiger partial charge in [-0.3, -0.25) is 33.6 Å². The van der Waals surface area contributed by atoms with Gasteiger partial charge in [-0.15, -0.1) is 0 Å². The number of likely N-dealkylation sites (N-methyl/N-ethyl adjacent to an activating group) is 1. The van der Waals surface area contributed by atoms with E-state index in [4.69, 9.17) is 5.73 Å². The first-order valence-corrected chi connectivity index (χ1v) is 16.0. The van der Waals surface area contributed by atoms with Crippen LogP contribution in [0, 0.1) is 34.5 Å². The molecule has 2 aromatic rings. The number of phenols is 1. The van der Waals surface area contributed by atoms with Crippen LogP contribution in [0.1, 0.15) is 47.3 Å². The van der Waals surface area contributed by atoms with Crippen molar-refractivity contribution >= 4 is 44.8 Å². The average molecular weight is 636 g/mol. The third-order valence-electron chi connectivity index (χ3n) is 9.40. The van der Waals surface area contributed by atoms with Gasteiger partial charge in [0.15, 0.2) is 34.7 Å². The minimum Gasteiger partial charge on any atom is -0.507 e. The van der Waals surface area contributed by atoms with E-state index in [1.54, 1.807) is 31.2 Å². The Morgan fingerprint density at radius 2 is 1.64 bits per heavy atom. The fraction of sp³-hybridized carbons (Fsp3) is 0.406. The molecule has 5 N–H and O–H groups in total. The standard InChI is InChI=1S/C32H33N3O9S/c1-30-14-19-17(9-6-16-7-11-18(12-8-16)34-45(5,43)44)10-13-20(36)21(19)24(37)23(30)28(40)32(42)27(39)22(29(33)41)25(38)26(35(3)4)31(32,2)15-30/h7-8,10-13,22-23,26,34,36,42H,14-15H2,1-5H3,(H2,33,41)/t22?,23?,26-,30+,31+,32-/m1/s1. The third kappa shape index (κ3) is 4.75. The van der Waals surface area contributed by atoms with E-state index in [0.717, 1.165) is 6.26 Å². The SMILES string of the molecule is CN(C)[C@@H]1C(=O)C(C(N)=O)C(=O)[C@@]2(O)C(=O)C3C(=O)c4c(O)ccc(C#Cc5ccc(NS(C)(=O)=O)cc5)c4C[C@@]3(C)C[C@@]12C. The van der Waals surface area contributed by atoms with Crippen molar-refractivity contribution in [1.82, 2.24) is 4.90 Å². The van der Waals surface area contributed by atoms with Gasteiger partial charge in [-0.05, 0) is 74.3 Å². The number of amides is 1. The molecule has 2 fully saturated rings. The van der Waals surface area contributed by atoms with Crippen LogP contribution in [0.25, 0.3) is 0 Å². The molecule has 236 valence electrons. The molecule has 0 spiro atoms. The first kappa shape index (κ1) is 32.0. The number of nitrogens with zero attached hydrogens (tertiary/aromatic N) is 1. The molecule has 6 atom stereocenters. The minimum atomic E-state index is -3.46. The van der Waals surface area contributed by atoms with Gasteiger partial charge in [0.25, 0.3) is 0 Å². The molecule has 0 saturated heterocycles. The predicted octanol–water partition coefficient (Wildman–Crippen LogP) is 0.419. The summed E-state index contributed by atoms with van der Waals surface area (Å²) in [7, 11) is -0.412. The number of carbonyl (C=O) groups excluding carboxylic acids is 5. The Morgan fingerprint density at radius 1 is 1.02 bits per heavy atom. The first-order valence-electron chi connectivity index (χ1n) is 14.1. The number of aromatic hydroxyl groups is 1. The van der Waals surface area contributed by atoms with E-state index < -0.39 is 79.1 Å². The highest BCUT2D eigenvalue weighted by molar-refractivity contribution is 7.92. The lowest BCUT2D eigenvalue weighted by Gasteiger charge is -2.61. The summed E-state index contributed by atoms with van der Waals surface area (Å²) in [5, 5.41) is 22.8. The molecule has 45 heavy (non-hydrogen) atoms. The molecular weight excluding hydrogens is 602 g/mol. The van der Waals surface area contributed by atoms with Crippen molar-refractivity contribution in [1.29, 1.82) is 0 Å². The maximum Gasteiger partial charge on any atom is 0.235 e. The normalized spacial score (nSPS) is 31.0. The van der Waals surface area contributed by atoms with Crippen LogP contribution in [0.4, 0.5) is 5.69 Å². The maximum atomic E-state index is 14.3. The molecule has 3 aliphatic rings. The highest BCUT2D eigenvalue weighted by atomic mass is 32.2. The number of fused-ring (bicyclic) bond motifs is 3. The van der Waals surface area contributed by atoms with Crippen LogP contribution in [0.5, 0.6) is 5.75 Å². The minimum absolute atomic E-state index is 0.0353. The Labute approximate surface area is 260 Å². The Morgan fingerprint density at radius 3 is 2.20 bits per heavy atom. The van der Waals surface area contributed by atoms with E-state index in [2.05, 4.69) is 16.6 Å².